The summed E-state index contributed by atoms with van der Waals surface area (Å²) >= 11 is 4.91. The number of hydrogen-bond acceptors (Lipinski definition) is 3. The quantitative estimate of drug-likeness (QED) is 0.492. The zero-order valence-corrected chi connectivity index (χ0v) is 7.83. The van der Waals surface area contributed by atoms with Crippen LogP contribution in [0.3, 0.4) is 0 Å². The summed E-state index contributed by atoms with van der Waals surface area (Å²) < 4.78 is 0. The maximum atomic E-state index is 10.9. The zero-order chi connectivity index (χ0) is 9.19. The molecule has 1 amide bonds. The first kappa shape index (κ1) is 9.41. The van der Waals surface area contributed by atoms with Gasteiger partial charge in [-0.2, -0.15) is 0 Å². The van der Waals surface area contributed by atoms with Crippen molar-refractivity contribution in [2.45, 2.75) is 18.9 Å². The van der Waals surface area contributed by atoms with Gasteiger partial charge < -0.3 is 16.4 Å². The summed E-state index contributed by atoms with van der Waals surface area (Å²) in [5, 5.41) is 5.90. The van der Waals surface area contributed by atoms with Crippen LogP contribution in [0.25, 0.3) is 0 Å². The van der Waals surface area contributed by atoms with Gasteiger partial charge in [0.05, 0.1) is 4.99 Å². The Morgan fingerprint density at radius 3 is 2.75 bits per heavy atom. The summed E-state index contributed by atoms with van der Waals surface area (Å²) in [5.41, 5.74) is 5.07. The summed E-state index contributed by atoms with van der Waals surface area (Å²) in [6, 6.07) is 0. The number of rotatable bonds is 2. The first-order chi connectivity index (χ1) is 5.57. The van der Waals surface area contributed by atoms with E-state index in [1.165, 1.54) is 6.92 Å². The Kier molecular flexibility index (Phi) is 2.64. The number of carbonyl (C=O) groups excluding carboxylic acids is 1. The Bertz CT molecular complexity index is 211. The standard InChI is InChI=1S/C7H13N3OS/c1-5(11)10-7(6(8)12)2-3-9-4-7/h9H,2-4H2,1H3,(H2,8,12)(H,10,11). The van der Waals surface area contributed by atoms with E-state index in [1.54, 1.807) is 0 Å². The van der Waals surface area contributed by atoms with Crippen molar-refractivity contribution in [1.82, 2.24) is 10.6 Å². The van der Waals surface area contributed by atoms with Crippen LogP contribution in [0, 0.1) is 0 Å². The van der Waals surface area contributed by atoms with E-state index in [4.69, 9.17) is 18.0 Å². The molecule has 1 heterocycles. The molecule has 0 saturated carbocycles. The molecule has 4 N–H and O–H groups in total. The van der Waals surface area contributed by atoms with Gasteiger partial charge in [0.2, 0.25) is 5.91 Å². The molecule has 0 radical (unpaired) electrons. The molecule has 1 unspecified atom stereocenters. The molecular weight excluding hydrogens is 174 g/mol. The summed E-state index contributed by atoms with van der Waals surface area (Å²) in [5.74, 6) is -0.0912. The van der Waals surface area contributed by atoms with Crippen molar-refractivity contribution in [2.24, 2.45) is 5.73 Å². The Morgan fingerprint density at radius 1 is 1.75 bits per heavy atom. The normalized spacial score (nSPS) is 28.4. The van der Waals surface area contributed by atoms with Crippen LogP contribution in [0.4, 0.5) is 0 Å². The van der Waals surface area contributed by atoms with Gasteiger partial charge in [-0.25, -0.2) is 0 Å². The van der Waals surface area contributed by atoms with E-state index < -0.39 is 5.54 Å². The smallest absolute Gasteiger partial charge is 0.217 e. The molecule has 1 saturated heterocycles. The molecule has 0 bridgehead atoms. The molecule has 5 heteroatoms. The van der Waals surface area contributed by atoms with Crippen LogP contribution in [0.5, 0.6) is 0 Å². The van der Waals surface area contributed by atoms with Gasteiger partial charge >= 0.3 is 0 Å². The number of amides is 1. The maximum Gasteiger partial charge on any atom is 0.217 e. The average molecular weight is 187 g/mol. The van der Waals surface area contributed by atoms with E-state index in [9.17, 15) is 4.79 Å². The van der Waals surface area contributed by atoms with Gasteiger partial charge in [0.1, 0.15) is 5.54 Å². The lowest BCUT2D eigenvalue weighted by atomic mass is 9.99. The molecule has 1 aliphatic heterocycles. The molecule has 0 spiro atoms. The molecule has 12 heavy (non-hydrogen) atoms. The van der Waals surface area contributed by atoms with E-state index in [2.05, 4.69) is 10.6 Å². The van der Waals surface area contributed by atoms with Gasteiger partial charge in [0, 0.05) is 13.5 Å². The van der Waals surface area contributed by atoms with Gasteiger partial charge in [0.25, 0.3) is 0 Å². The summed E-state index contributed by atoms with van der Waals surface area (Å²) in [6.07, 6.45) is 0.780. The highest BCUT2D eigenvalue weighted by molar-refractivity contribution is 7.80. The van der Waals surface area contributed by atoms with E-state index in [1.807, 2.05) is 0 Å². The lowest BCUT2D eigenvalue weighted by Gasteiger charge is -2.27. The van der Waals surface area contributed by atoms with E-state index in [-0.39, 0.29) is 5.91 Å². The molecule has 1 aliphatic rings. The molecule has 68 valence electrons. The third-order valence-electron chi connectivity index (χ3n) is 2.04. The lowest BCUT2D eigenvalue weighted by Crippen LogP contribution is -2.57. The number of thiocarbonyl (C=S) groups is 1. The van der Waals surface area contributed by atoms with Crippen LogP contribution >= 0.6 is 12.2 Å². The van der Waals surface area contributed by atoms with Crippen LogP contribution in [0.2, 0.25) is 0 Å². The molecule has 0 aliphatic carbocycles. The fourth-order valence-electron chi connectivity index (χ4n) is 1.41. The van der Waals surface area contributed by atoms with E-state index in [0.717, 1.165) is 13.0 Å². The maximum absolute atomic E-state index is 10.9. The second-order valence-electron chi connectivity index (χ2n) is 3.05. The Morgan fingerprint density at radius 2 is 2.42 bits per heavy atom. The third-order valence-corrected chi connectivity index (χ3v) is 2.43. The highest BCUT2D eigenvalue weighted by atomic mass is 32.1. The monoisotopic (exact) mass is 187 g/mol. The van der Waals surface area contributed by atoms with Crippen molar-refractivity contribution in [2.75, 3.05) is 13.1 Å². The van der Waals surface area contributed by atoms with Gasteiger partial charge in [-0.1, -0.05) is 12.2 Å². The van der Waals surface area contributed by atoms with E-state index >= 15 is 0 Å². The molecule has 4 nitrogen and oxygen atoms in total. The molecule has 1 atom stereocenters. The van der Waals surface area contributed by atoms with Gasteiger partial charge in [-0.15, -0.1) is 0 Å². The number of hydrogen-bond donors (Lipinski definition) is 3. The fourth-order valence-corrected chi connectivity index (χ4v) is 1.63. The highest BCUT2D eigenvalue weighted by Crippen LogP contribution is 2.14. The van der Waals surface area contributed by atoms with Crippen LogP contribution in [0.15, 0.2) is 0 Å². The minimum absolute atomic E-state index is 0.0912. The van der Waals surface area contributed by atoms with Gasteiger partial charge in [-0.05, 0) is 13.0 Å². The minimum Gasteiger partial charge on any atom is -0.391 e. The predicted octanol–water partition coefficient (Wildman–Crippen LogP) is -0.859. The van der Waals surface area contributed by atoms with Crippen LogP contribution < -0.4 is 16.4 Å². The molecule has 0 aromatic carbocycles. The second kappa shape index (κ2) is 3.37. The van der Waals surface area contributed by atoms with Crippen molar-refractivity contribution in [3.63, 3.8) is 0 Å². The third kappa shape index (κ3) is 1.73. The lowest BCUT2D eigenvalue weighted by molar-refractivity contribution is -0.120. The molecule has 1 rings (SSSR count). The Hall–Kier alpha value is -0.680. The van der Waals surface area contributed by atoms with Crippen LogP contribution in [-0.2, 0) is 4.79 Å². The molecule has 0 aromatic rings. The Labute approximate surface area is 76.9 Å². The summed E-state index contributed by atoms with van der Waals surface area (Å²) in [6.45, 7) is 2.96. The van der Waals surface area contributed by atoms with E-state index in [0.29, 0.717) is 11.5 Å². The molecule has 1 fully saturated rings. The number of carbonyl (C=O) groups is 1. The summed E-state index contributed by atoms with van der Waals surface area (Å²) in [4.78, 5) is 11.2. The zero-order valence-electron chi connectivity index (χ0n) is 7.02. The SMILES string of the molecule is CC(=O)NC1(C(N)=S)CCNC1. The Balaban J connectivity index is 2.72. The van der Waals surface area contributed by atoms with Crippen LogP contribution in [-0.4, -0.2) is 29.5 Å². The minimum atomic E-state index is -0.485. The van der Waals surface area contributed by atoms with Crippen molar-refractivity contribution in [1.29, 1.82) is 0 Å². The molecule has 0 aromatic heterocycles. The first-order valence-electron chi connectivity index (χ1n) is 3.86. The van der Waals surface area contributed by atoms with Gasteiger partial charge in [-0.3, -0.25) is 4.79 Å². The average Bonchev–Trinajstić information content (AvgIpc) is 2.35. The summed E-state index contributed by atoms with van der Waals surface area (Å²) in [7, 11) is 0. The van der Waals surface area contributed by atoms with Crippen molar-refractivity contribution >= 4 is 23.1 Å². The number of nitrogens with one attached hydrogen (secondary N) is 2. The van der Waals surface area contributed by atoms with Crippen molar-refractivity contribution in [3.8, 4) is 0 Å². The number of nitrogens with two attached hydrogens (primary N) is 1. The second-order valence-corrected chi connectivity index (χ2v) is 3.49. The fraction of sp³-hybridized carbons (Fsp3) is 0.714. The largest absolute Gasteiger partial charge is 0.391 e. The van der Waals surface area contributed by atoms with Crippen LogP contribution in [0.1, 0.15) is 13.3 Å². The first-order valence-corrected chi connectivity index (χ1v) is 4.27. The van der Waals surface area contributed by atoms with Crippen molar-refractivity contribution < 1.29 is 4.79 Å². The predicted molar refractivity (Wildman–Crippen MR) is 50.8 cm³/mol. The topological polar surface area (TPSA) is 67.2 Å². The molecular formula is C7H13N3OS. The highest BCUT2D eigenvalue weighted by Gasteiger charge is 2.37. The van der Waals surface area contributed by atoms with Gasteiger partial charge in [0.15, 0.2) is 0 Å². The van der Waals surface area contributed by atoms with Crippen molar-refractivity contribution in [3.05, 3.63) is 0 Å².